The van der Waals surface area contributed by atoms with Gasteiger partial charge in [-0.15, -0.1) is 12.3 Å². The maximum atomic E-state index is 11.8. The van der Waals surface area contributed by atoms with Gasteiger partial charge in [-0.1, -0.05) is 12.1 Å². The van der Waals surface area contributed by atoms with Gasteiger partial charge in [-0.25, -0.2) is 0 Å². The Labute approximate surface area is 101 Å². The molecule has 2 rings (SSSR count). The first-order valence-electron chi connectivity index (χ1n) is 5.66. The van der Waals surface area contributed by atoms with Gasteiger partial charge in [0.15, 0.2) is 0 Å². The van der Waals surface area contributed by atoms with Crippen molar-refractivity contribution in [1.82, 2.24) is 0 Å². The van der Waals surface area contributed by atoms with Crippen LogP contribution in [0.5, 0.6) is 0 Å². The number of hydrogen-bond acceptors (Lipinski definition) is 2. The molecule has 0 aliphatic carbocycles. The van der Waals surface area contributed by atoms with Crippen LogP contribution in [0.3, 0.4) is 0 Å². The van der Waals surface area contributed by atoms with E-state index in [1.165, 1.54) is 0 Å². The van der Waals surface area contributed by atoms with Crippen LogP contribution in [0, 0.1) is 18.3 Å². The highest BCUT2D eigenvalue weighted by molar-refractivity contribution is 5.96. The van der Waals surface area contributed by atoms with Crippen molar-refractivity contribution in [2.45, 2.75) is 19.4 Å². The molecule has 88 valence electrons. The summed E-state index contributed by atoms with van der Waals surface area (Å²) in [6.07, 6.45) is 5.23. The first-order valence-corrected chi connectivity index (χ1v) is 5.66. The Morgan fingerprint density at radius 2 is 2.35 bits per heavy atom. The third-order valence-corrected chi connectivity index (χ3v) is 3.03. The van der Waals surface area contributed by atoms with Crippen molar-refractivity contribution in [2.75, 3.05) is 11.4 Å². The zero-order chi connectivity index (χ0) is 12.4. The maximum Gasteiger partial charge on any atom is 0.228 e. The van der Waals surface area contributed by atoms with Crippen molar-refractivity contribution in [3.05, 3.63) is 29.8 Å². The van der Waals surface area contributed by atoms with Crippen LogP contribution in [0.1, 0.15) is 25.0 Å². The number of hydrogen-bond donors (Lipinski definition) is 1. The number of amides is 1. The molecule has 1 aliphatic heterocycles. The molecule has 2 atom stereocenters. The Kier molecular flexibility index (Phi) is 3.16. The Morgan fingerprint density at radius 3 is 2.94 bits per heavy atom. The van der Waals surface area contributed by atoms with Gasteiger partial charge in [0, 0.05) is 24.6 Å². The molecule has 1 aromatic carbocycles. The first-order chi connectivity index (χ1) is 8.11. The van der Waals surface area contributed by atoms with Gasteiger partial charge in [-0.05, 0) is 24.6 Å². The average molecular weight is 229 g/mol. The van der Waals surface area contributed by atoms with Gasteiger partial charge in [0.2, 0.25) is 5.91 Å². The Bertz CT molecular complexity index is 473. The first kappa shape index (κ1) is 11.7. The minimum atomic E-state index is -0.531. The molecule has 17 heavy (non-hydrogen) atoms. The van der Waals surface area contributed by atoms with Crippen molar-refractivity contribution < 1.29 is 9.90 Å². The zero-order valence-electron chi connectivity index (χ0n) is 9.76. The van der Waals surface area contributed by atoms with Crippen LogP contribution in [-0.4, -0.2) is 17.6 Å². The van der Waals surface area contributed by atoms with E-state index in [1.54, 1.807) is 11.8 Å². The van der Waals surface area contributed by atoms with E-state index < -0.39 is 6.10 Å². The van der Waals surface area contributed by atoms with Crippen molar-refractivity contribution in [1.29, 1.82) is 0 Å². The average Bonchev–Trinajstić information content (AvgIpc) is 2.71. The largest absolute Gasteiger partial charge is 0.389 e. The summed E-state index contributed by atoms with van der Waals surface area (Å²) in [5.74, 6) is 2.67. The minimum absolute atomic E-state index is 0.00212. The van der Waals surface area contributed by atoms with E-state index in [1.807, 2.05) is 24.3 Å². The standard InChI is InChI=1S/C14H15NO2/c1-3-11-7-14(17)15(9-11)13-6-4-5-12(8-13)10(2)16/h1,4-6,8,10-11,16H,7,9H2,2H3. The van der Waals surface area contributed by atoms with Crippen molar-refractivity contribution in [3.8, 4) is 12.3 Å². The summed E-state index contributed by atoms with van der Waals surface area (Å²) in [7, 11) is 0. The summed E-state index contributed by atoms with van der Waals surface area (Å²) < 4.78 is 0. The second-order valence-corrected chi connectivity index (χ2v) is 4.34. The van der Waals surface area contributed by atoms with E-state index in [0.29, 0.717) is 13.0 Å². The minimum Gasteiger partial charge on any atom is -0.389 e. The summed E-state index contributed by atoms with van der Waals surface area (Å²) in [4.78, 5) is 13.5. The molecule has 0 spiro atoms. The van der Waals surface area contributed by atoms with Crippen LogP contribution in [0.4, 0.5) is 5.69 Å². The number of terminal acetylenes is 1. The van der Waals surface area contributed by atoms with Gasteiger partial charge in [0.25, 0.3) is 0 Å². The molecule has 1 heterocycles. The van der Waals surface area contributed by atoms with Crippen LogP contribution in [-0.2, 0) is 4.79 Å². The number of aliphatic hydroxyl groups is 1. The van der Waals surface area contributed by atoms with Gasteiger partial charge in [0.1, 0.15) is 0 Å². The Hall–Kier alpha value is -1.79. The molecular weight excluding hydrogens is 214 g/mol. The van der Waals surface area contributed by atoms with E-state index >= 15 is 0 Å². The lowest BCUT2D eigenvalue weighted by atomic mass is 10.1. The highest BCUT2D eigenvalue weighted by Gasteiger charge is 2.29. The second-order valence-electron chi connectivity index (χ2n) is 4.34. The number of rotatable bonds is 2. The van der Waals surface area contributed by atoms with Crippen molar-refractivity contribution >= 4 is 11.6 Å². The lowest BCUT2D eigenvalue weighted by molar-refractivity contribution is -0.117. The number of carbonyl (C=O) groups excluding carboxylic acids is 1. The molecule has 3 nitrogen and oxygen atoms in total. The third-order valence-electron chi connectivity index (χ3n) is 3.03. The van der Waals surface area contributed by atoms with Gasteiger partial charge in [-0.2, -0.15) is 0 Å². The quantitative estimate of drug-likeness (QED) is 0.784. The Morgan fingerprint density at radius 1 is 1.59 bits per heavy atom. The molecule has 0 saturated carbocycles. The Balaban J connectivity index is 2.26. The molecule has 1 aromatic rings. The van der Waals surface area contributed by atoms with Crippen LogP contribution < -0.4 is 4.90 Å². The van der Waals surface area contributed by atoms with Crippen LogP contribution >= 0.6 is 0 Å². The topological polar surface area (TPSA) is 40.5 Å². The van der Waals surface area contributed by atoms with Crippen LogP contribution in [0.15, 0.2) is 24.3 Å². The van der Waals surface area contributed by atoms with E-state index in [4.69, 9.17) is 6.42 Å². The zero-order valence-corrected chi connectivity index (χ0v) is 9.76. The number of carbonyl (C=O) groups is 1. The molecule has 1 N–H and O–H groups in total. The van der Waals surface area contributed by atoms with E-state index in [9.17, 15) is 9.90 Å². The monoisotopic (exact) mass is 229 g/mol. The van der Waals surface area contributed by atoms with E-state index in [2.05, 4.69) is 5.92 Å². The summed E-state index contributed by atoms with van der Waals surface area (Å²) in [6, 6.07) is 7.38. The molecule has 1 amide bonds. The second kappa shape index (κ2) is 4.60. The van der Waals surface area contributed by atoms with Crippen molar-refractivity contribution in [3.63, 3.8) is 0 Å². The number of benzene rings is 1. The fourth-order valence-electron chi connectivity index (χ4n) is 2.02. The van der Waals surface area contributed by atoms with Gasteiger partial charge < -0.3 is 10.0 Å². The maximum absolute atomic E-state index is 11.8. The fourth-order valence-corrected chi connectivity index (χ4v) is 2.02. The highest BCUT2D eigenvalue weighted by atomic mass is 16.3. The molecule has 0 radical (unpaired) electrons. The van der Waals surface area contributed by atoms with E-state index in [-0.39, 0.29) is 11.8 Å². The van der Waals surface area contributed by atoms with Crippen LogP contribution in [0.2, 0.25) is 0 Å². The number of anilines is 1. The summed E-state index contributed by atoms with van der Waals surface area (Å²) in [5, 5.41) is 9.52. The number of nitrogens with zero attached hydrogens (tertiary/aromatic N) is 1. The van der Waals surface area contributed by atoms with Gasteiger partial charge in [0.05, 0.1) is 6.10 Å². The summed E-state index contributed by atoms with van der Waals surface area (Å²) in [6.45, 7) is 2.27. The fraction of sp³-hybridized carbons (Fsp3) is 0.357. The highest BCUT2D eigenvalue weighted by Crippen LogP contribution is 2.26. The van der Waals surface area contributed by atoms with E-state index in [0.717, 1.165) is 11.3 Å². The predicted octanol–water partition coefficient (Wildman–Crippen LogP) is 1.73. The van der Waals surface area contributed by atoms with Gasteiger partial charge in [-0.3, -0.25) is 4.79 Å². The third kappa shape index (κ3) is 2.32. The molecule has 1 fully saturated rings. The summed E-state index contributed by atoms with van der Waals surface area (Å²) >= 11 is 0. The predicted molar refractivity (Wildman–Crippen MR) is 66.4 cm³/mol. The SMILES string of the molecule is C#CC1CC(=O)N(c2cccc(C(C)O)c2)C1. The van der Waals surface area contributed by atoms with Crippen molar-refractivity contribution in [2.24, 2.45) is 5.92 Å². The van der Waals surface area contributed by atoms with Gasteiger partial charge >= 0.3 is 0 Å². The molecule has 2 unspecified atom stereocenters. The number of aliphatic hydroxyl groups excluding tert-OH is 1. The molecular formula is C14H15NO2. The molecule has 0 aromatic heterocycles. The summed E-state index contributed by atoms with van der Waals surface area (Å²) in [5.41, 5.74) is 1.62. The molecule has 1 saturated heterocycles. The lowest BCUT2D eigenvalue weighted by Crippen LogP contribution is -2.24. The molecule has 0 bridgehead atoms. The normalized spacial score (nSPS) is 21.4. The molecule has 3 heteroatoms. The smallest absolute Gasteiger partial charge is 0.228 e. The van der Waals surface area contributed by atoms with Crippen LogP contribution in [0.25, 0.3) is 0 Å². The lowest BCUT2D eigenvalue weighted by Gasteiger charge is -2.17. The molecule has 1 aliphatic rings.